The van der Waals surface area contributed by atoms with Gasteiger partial charge in [0, 0.05) is 11.2 Å². The van der Waals surface area contributed by atoms with E-state index in [1.165, 1.54) is 12.3 Å². The van der Waals surface area contributed by atoms with Gasteiger partial charge in [0.15, 0.2) is 5.69 Å². The molecule has 5 nitrogen and oxygen atoms in total. The Morgan fingerprint density at radius 3 is 2.67 bits per heavy atom. The molecule has 0 aliphatic carbocycles. The zero-order valence-corrected chi connectivity index (χ0v) is 12.2. The molecule has 1 aromatic carbocycles. The summed E-state index contributed by atoms with van der Waals surface area (Å²) in [4.78, 5) is 11.8. The first kappa shape index (κ1) is 15.2. The molecule has 0 radical (unpaired) electrons. The second kappa shape index (κ2) is 5.64. The maximum atomic E-state index is 14.1. The van der Waals surface area contributed by atoms with Crippen molar-refractivity contribution in [3.63, 3.8) is 0 Å². The van der Waals surface area contributed by atoms with E-state index >= 15 is 0 Å². The van der Waals surface area contributed by atoms with Crippen LogP contribution >= 0.6 is 23.2 Å². The van der Waals surface area contributed by atoms with Gasteiger partial charge in [0.05, 0.1) is 23.4 Å². The topological polar surface area (TPSA) is 81.0 Å². The van der Waals surface area contributed by atoms with Gasteiger partial charge in [0.1, 0.15) is 17.6 Å². The SMILES string of the molecule is COC(=O)c1c(N)c(C#N)cn1-c1c(F)cc(Cl)cc1Cl. The van der Waals surface area contributed by atoms with Crippen molar-refractivity contribution >= 4 is 34.9 Å². The summed E-state index contributed by atoms with van der Waals surface area (Å²) >= 11 is 11.7. The summed E-state index contributed by atoms with van der Waals surface area (Å²) in [6.45, 7) is 0. The molecule has 0 aliphatic heterocycles. The van der Waals surface area contributed by atoms with Crippen LogP contribution in [0.3, 0.4) is 0 Å². The first-order valence-corrected chi connectivity index (χ1v) is 6.30. The summed E-state index contributed by atoms with van der Waals surface area (Å²) in [5, 5.41) is 9.06. The third-order valence-corrected chi connectivity index (χ3v) is 3.27. The number of aromatic nitrogens is 1. The molecular formula is C13H8Cl2FN3O2. The fourth-order valence-corrected chi connectivity index (χ4v) is 2.42. The standard InChI is InChI=1S/C13H8Cl2FN3O2/c1-21-13(20)12-10(18)6(4-17)5-19(12)11-8(15)2-7(14)3-9(11)16/h2-3,5H,18H2,1H3. The van der Waals surface area contributed by atoms with E-state index in [0.29, 0.717) is 0 Å². The van der Waals surface area contributed by atoms with Gasteiger partial charge in [-0.05, 0) is 12.1 Å². The Morgan fingerprint density at radius 1 is 1.48 bits per heavy atom. The average Bonchev–Trinajstić information content (AvgIpc) is 2.73. The third-order valence-electron chi connectivity index (χ3n) is 2.77. The number of halogens is 3. The van der Waals surface area contributed by atoms with E-state index in [1.54, 1.807) is 0 Å². The van der Waals surface area contributed by atoms with Gasteiger partial charge in [-0.2, -0.15) is 5.26 Å². The monoisotopic (exact) mass is 327 g/mol. The number of nitrogen functional groups attached to an aromatic ring is 1. The van der Waals surface area contributed by atoms with E-state index in [2.05, 4.69) is 4.74 Å². The molecule has 0 aliphatic rings. The maximum Gasteiger partial charge on any atom is 0.357 e. The Bertz CT molecular complexity index is 757. The quantitative estimate of drug-likeness (QED) is 0.859. The summed E-state index contributed by atoms with van der Waals surface area (Å²) in [6, 6.07) is 4.15. The molecule has 0 amide bonds. The molecule has 0 fully saturated rings. The molecule has 0 bridgehead atoms. The van der Waals surface area contributed by atoms with Crippen LogP contribution < -0.4 is 5.73 Å². The Balaban J connectivity index is 2.82. The lowest BCUT2D eigenvalue weighted by atomic mass is 10.2. The molecule has 0 unspecified atom stereocenters. The molecule has 2 aromatic rings. The van der Waals surface area contributed by atoms with Crippen LogP contribution in [0, 0.1) is 17.1 Å². The molecule has 1 heterocycles. The lowest BCUT2D eigenvalue weighted by Crippen LogP contribution is -2.12. The van der Waals surface area contributed by atoms with E-state index in [1.807, 2.05) is 6.07 Å². The van der Waals surface area contributed by atoms with E-state index in [4.69, 9.17) is 34.2 Å². The number of carbonyl (C=O) groups is 1. The average molecular weight is 328 g/mol. The van der Waals surface area contributed by atoms with Gasteiger partial charge < -0.3 is 15.0 Å². The lowest BCUT2D eigenvalue weighted by Gasteiger charge is -2.11. The second-order valence-corrected chi connectivity index (χ2v) is 4.84. The second-order valence-electron chi connectivity index (χ2n) is 4.00. The summed E-state index contributed by atoms with van der Waals surface area (Å²) in [6.07, 6.45) is 1.21. The van der Waals surface area contributed by atoms with Crippen molar-refractivity contribution in [2.45, 2.75) is 0 Å². The van der Waals surface area contributed by atoms with Crippen LogP contribution in [0.25, 0.3) is 5.69 Å². The molecule has 1 aromatic heterocycles. The van der Waals surface area contributed by atoms with Gasteiger partial charge >= 0.3 is 5.97 Å². The zero-order valence-electron chi connectivity index (χ0n) is 10.7. The zero-order chi connectivity index (χ0) is 15.7. The molecule has 108 valence electrons. The van der Waals surface area contributed by atoms with Crippen molar-refractivity contribution in [3.8, 4) is 11.8 Å². The smallest absolute Gasteiger partial charge is 0.357 e. The molecule has 2 N–H and O–H groups in total. The van der Waals surface area contributed by atoms with E-state index in [-0.39, 0.29) is 32.7 Å². The van der Waals surface area contributed by atoms with Crippen molar-refractivity contribution in [1.29, 1.82) is 5.26 Å². The summed E-state index contributed by atoms with van der Waals surface area (Å²) < 4.78 is 19.8. The Kier molecular flexibility index (Phi) is 4.07. The largest absolute Gasteiger partial charge is 0.464 e. The normalized spacial score (nSPS) is 10.2. The van der Waals surface area contributed by atoms with Crippen molar-refractivity contribution in [2.75, 3.05) is 12.8 Å². The minimum atomic E-state index is -0.820. The van der Waals surface area contributed by atoms with Gasteiger partial charge in [-0.25, -0.2) is 9.18 Å². The van der Waals surface area contributed by atoms with E-state index < -0.39 is 11.8 Å². The van der Waals surface area contributed by atoms with Gasteiger partial charge in [0.25, 0.3) is 0 Å². The molecule has 0 saturated heterocycles. The fourth-order valence-electron chi connectivity index (χ4n) is 1.86. The summed E-state index contributed by atoms with van der Waals surface area (Å²) in [7, 11) is 1.14. The number of anilines is 1. The number of ether oxygens (including phenoxy) is 1. The van der Waals surface area contributed by atoms with Crippen LogP contribution in [0.4, 0.5) is 10.1 Å². The molecule has 8 heteroatoms. The van der Waals surface area contributed by atoms with Crippen molar-refractivity contribution in [2.24, 2.45) is 0 Å². The van der Waals surface area contributed by atoms with Crippen LogP contribution in [-0.4, -0.2) is 17.6 Å². The number of esters is 1. The van der Waals surface area contributed by atoms with E-state index in [9.17, 15) is 9.18 Å². The van der Waals surface area contributed by atoms with Gasteiger partial charge in [-0.1, -0.05) is 23.2 Å². The summed E-state index contributed by atoms with van der Waals surface area (Å²) in [5.74, 6) is -1.59. The highest BCUT2D eigenvalue weighted by molar-refractivity contribution is 6.35. The first-order chi connectivity index (χ1) is 9.90. The molecular weight excluding hydrogens is 320 g/mol. The Morgan fingerprint density at radius 2 is 2.14 bits per heavy atom. The van der Waals surface area contributed by atoms with Crippen LogP contribution in [0.2, 0.25) is 10.0 Å². The Hall–Kier alpha value is -2.23. The van der Waals surface area contributed by atoms with Crippen molar-refractivity contribution < 1.29 is 13.9 Å². The third kappa shape index (κ3) is 2.53. The molecule has 0 atom stereocenters. The molecule has 21 heavy (non-hydrogen) atoms. The highest BCUT2D eigenvalue weighted by Gasteiger charge is 2.24. The number of nitrogens with zero attached hydrogens (tertiary/aromatic N) is 2. The predicted octanol–water partition coefficient (Wildman–Crippen LogP) is 3.16. The van der Waals surface area contributed by atoms with Gasteiger partial charge in [-0.3, -0.25) is 0 Å². The molecule has 0 saturated carbocycles. The highest BCUT2D eigenvalue weighted by Crippen LogP contribution is 2.32. The highest BCUT2D eigenvalue weighted by atomic mass is 35.5. The minimum absolute atomic E-state index is 0.000756. The number of nitriles is 1. The molecule has 0 spiro atoms. The number of nitrogens with two attached hydrogens (primary N) is 1. The van der Waals surface area contributed by atoms with Gasteiger partial charge in [-0.15, -0.1) is 0 Å². The number of hydrogen-bond acceptors (Lipinski definition) is 4. The number of hydrogen-bond donors (Lipinski definition) is 1. The first-order valence-electron chi connectivity index (χ1n) is 5.54. The Labute approximate surface area is 129 Å². The number of rotatable bonds is 2. The predicted molar refractivity (Wildman–Crippen MR) is 76.2 cm³/mol. The van der Waals surface area contributed by atoms with Crippen LogP contribution in [0.15, 0.2) is 18.3 Å². The number of carbonyl (C=O) groups excluding carboxylic acids is 1. The van der Waals surface area contributed by atoms with Gasteiger partial charge in [0.2, 0.25) is 0 Å². The van der Waals surface area contributed by atoms with Crippen molar-refractivity contribution in [3.05, 3.63) is 45.4 Å². The van der Waals surface area contributed by atoms with Crippen LogP contribution in [0.5, 0.6) is 0 Å². The molecule has 2 rings (SSSR count). The number of methoxy groups -OCH3 is 1. The van der Waals surface area contributed by atoms with Crippen molar-refractivity contribution in [1.82, 2.24) is 4.57 Å². The van der Waals surface area contributed by atoms with Crippen LogP contribution in [-0.2, 0) is 4.74 Å². The van der Waals surface area contributed by atoms with E-state index in [0.717, 1.165) is 17.7 Å². The summed E-state index contributed by atoms with van der Waals surface area (Å²) in [5.41, 5.74) is 5.28. The fraction of sp³-hybridized carbons (Fsp3) is 0.0769. The number of benzene rings is 1. The minimum Gasteiger partial charge on any atom is -0.464 e. The van der Waals surface area contributed by atoms with Crippen LogP contribution in [0.1, 0.15) is 16.1 Å². The lowest BCUT2D eigenvalue weighted by molar-refractivity contribution is 0.0593. The maximum absolute atomic E-state index is 14.1.